The second kappa shape index (κ2) is 11.6. The van der Waals surface area contributed by atoms with Crippen molar-refractivity contribution >= 4 is 17.1 Å². The maximum atomic E-state index is 2.41. The van der Waals surface area contributed by atoms with E-state index in [1.165, 1.54) is 66.9 Å². The Hall–Kier alpha value is -5.66. The van der Waals surface area contributed by atoms with Crippen molar-refractivity contribution in [1.82, 2.24) is 0 Å². The molecular weight excluding hydrogens is 567 g/mol. The van der Waals surface area contributed by atoms with Crippen molar-refractivity contribution in [3.05, 3.63) is 187 Å². The van der Waals surface area contributed by atoms with Crippen molar-refractivity contribution < 1.29 is 0 Å². The standard InChI is InChI=1S/C46H37N/c1-32-11-10-16-40(29-32)47(39-24-21-36(22-25-39)34-14-8-5-9-15-34)41-26-28-43-42-27-23-38(30-44(42)46(2,3)45(43)31-41)37-19-17-35(18-20-37)33-12-6-4-7-13-33/h4-31H,1-3H3. The van der Waals surface area contributed by atoms with Crippen LogP contribution < -0.4 is 4.90 Å². The summed E-state index contributed by atoms with van der Waals surface area (Å²) < 4.78 is 0. The van der Waals surface area contributed by atoms with Gasteiger partial charge in [0.1, 0.15) is 0 Å². The number of hydrogen-bond donors (Lipinski definition) is 0. The summed E-state index contributed by atoms with van der Waals surface area (Å²) in [6, 6.07) is 61.9. The number of hydrogen-bond acceptors (Lipinski definition) is 1. The molecule has 0 spiro atoms. The molecule has 0 atom stereocenters. The molecule has 226 valence electrons. The molecule has 47 heavy (non-hydrogen) atoms. The molecule has 7 aromatic rings. The van der Waals surface area contributed by atoms with Gasteiger partial charge in [0, 0.05) is 22.5 Å². The number of benzene rings is 7. The van der Waals surface area contributed by atoms with Crippen molar-refractivity contribution in [3.8, 4) is 44.5 Å². The van der Waals surface area contributed by atoms with Gasteiger partial charge in [0.05, 0.1) is 0 Å². The van der Waals surface area contributed by atoms with E-state index in [0.29, 0.717) is 0 Å². The van der Waals surface area contributed by atoms with E-state index in [1.807, 2.05) is 0 Å². The molecule has 7 aromatic carbocycles. The highest BCUT2D eigenvalue weighted by Gasteiger charge is 2.36. The van der Waals surface area contributed by atoms with Crippen LogP contribution in [0.3, 0.4) is 0 Å². The molecule has 1 aliphatic rings. The summed E-state index contributed by atoms with van der Waals surface area (Å²) in [6.07, 6.45) is 0. The van der Waals surface area contributed by atoms with Gasteiger partial charge in [-0.1, -0.05) is 141 Å². The Morgan fingerprint density at radius 1 is 0.362 bits per heavy atom. The van der Waals surface area contributed by atoms with E-state index in [2.05, 4.69) is 196 Å². The molecule has 0 amide bonds. The number of anilines is 3. The van der Waals surface area contributed by atoms with Gasteiger partial charge in [-0.15, -0.1) is 0 Å². The zero-order chi connectivity index (χ0) is 32.0. The highest BCUT2D eigenvalue weighted by atomic mass is 15.1. The summed E-state index contributed by atoms with van der Waals surface area (Å²) in [7, 11) is 0. The SMILES string of the molecule is Cc1cccc(N(c2ccc(-c3ccccc3)cc2)c2ccc3c(c2)C(C)(C)c2cc(-c4ccc(-c5ccccc5)cc4)ccc2-3)c1. The molecular formula is C46H37N. The fourth-order valence-electron chi connectivity index (χ4n) is 7.18. The summed E-state index contributed by atoms with van der Waals surface area (Å²) in [5, 5.41) is 0. The third-order valence-electron chi connectivity index (χ3n) is 9.74. The van der Waals surface area contributed by atoms with Crippen molar-refractivity contribution in [2.24, 2.45) is 0 Å². The smallest absolute Gasteiger partial charge is 0.0465 e. The van der Waals surface area contributed by atoms with Crippen molar-refractivity contribution in [3.63, 3.8) is 0 Å². The molecule has 0 heterocycles. The third-order valence-corrected chi connectivity index (χ3v) is 9.74. The van der Waals surface area contributed by atoms with Crippen LogP contribution in [0.2, 0.25) is 0 Å². The van der Waals surface area contributed by atoms with E-state index >= 15 is 0 Å². The lowest BCUT2D eigenvalue weighted by Crippen LogP contribution is -2.16. The average Bonchev–Trinajstić information content (AvgIpc) is 3.34. The summed E-state index contributed by atoms with van der Waals surface area (Å²) in [5.74, 6) is 0. The van der Waals surface area contributed by atoms with Crippen LogP contribution >= 0.6 is 0 Å². The number of aryl methyl sites for hydroxylation is 1. The van der Waals surface area contributed by atoms with Gasteiger partial charge in [-0.05, 0) is 111 Å². The predicted octanol–water partition coefficient (Wildman–Crippen LogP) is 12.8. The topological polar surface area (TPSA) is 3.24 Å². The van der Waals surface area contributed by atoms with Crippen molar-refractivity contribution in [2.75, 3.05) is 4.90 Å². The predicted molar refractivity (Wildman–Crippen MR) is 200 cm³/mol. The van der Waals surface area contributed by atoms with Crippen LogP contribution in [0.5, 0.6) is 0 Å². The van der Waals surface area contributed by atoms with Gasteiger partial charge >= 0.3 is 0 Å². The highest BCUT2D eigenvalue weighted by Crippen LogP contribution is 2.51. The lowest BCUT2D eigenvalue weighted by atomic mass is 9.81. The van der Waals surface area contributed by atoms with Crippen molar-refractivity contribution in [2.45, 2.75) is 26.2 Å². The molecule has 1 heteroatoms. The summed E-state index contributed by atoms with van der Waals surface area (Å²) >= 11 is 0. The first-order chi connectivity index (χ1) is 23.0. The second-order valence-electron chi connectivity index (χ2n) is 13.1. The minimum absolute atomic E-state index is 0.143. The van der Waals surface area contributed by atoms with Crippen LogP contribution in [-0.4, -0.2) is 0 Å². The van der Waals surface area contributed by atoms with Crippen LogP contribution in [-0.2, 0) is 5.41 Å². The Bertz CT molecular complexity index is 2190. The van der Waals surface area contributed by atoms with E-state index in [1.54, 1.807) is 0 Å². The molecule has 0 bridgehead atoms. The van der Waals surface area contributed by atoms with Crippen LogP contribution in [0.4, 0.5) is 17.1 Å². The molecule has 0 saturated heterocycles. The molecule has 1 aliphatic carbocycles. The average molecular weight is 604 g/mol. The fraction of sp³-hybridized carbons (Fsp3) is 0.0870. The third kappa shape index (κ3) is 5.24. The molecule has 0 radical (unpaired) electrons. The maximum absolute atomic E-state index is 2.41. The molecule has 0 saturated carbocycles. The molecule has 0 fully saturated rings. The zero-order valence-corrected chi connectivity index (χ0v) is 27.1. The number of nitrogens with zero attached hydrogens (tertiary/aromatic N) is 1. The van der Waals surface area contributed by atoms with E-state index < -0.39 is 0 Å². The van der Waals surface area contributed by atoms with Crippen LogP contribution in [0.1, 0.15) is 30.5 Å². The summed E-state index contributed by atoms with van der Waals surface area (Å²) in [4.78, 5) is 2.39. The van der Waals surface area contributed by atoms with E-state index in [4.69, 9.17) is 0 Å². The van der Waals surface area contributed by atoms with Crippen LogP contribution in [0, 0.1) is 6.92 Å². The monoisotopic (exact) mass is 603 g/mol. The van der Waals surface area contributed by atoms with Crippen LogP contribution in [0.15, 0.2) is 170 Å². The van der Waals surface area contributed by atoms with E-state index in [0.717, 1.165) is 11.4 Å². The Morgan fingerprint density at radius 2 is 0.809 bits per heavy atom. The first kappa shape index (κ1) is 28.8. The Balaban J connectivity index is 1.16. The van der Waals surface area contributed by atoms with Gasteiger partial charge in [-0.2, -0.15) is 0 Å². The lowest BCUT2D eigenvalue weighted by molar-refractivity contribution is 0.660. The van der Waals surface area contributed by atoms with Gasteiger partial charge < -0.3 is 4.90 Å². The highest BCUT2D eigenvalue weighted by molar-refractivity contribution is 5.87. The second-order valence-corrected chi connectivity index (χ2v) is 13.1. The molecule has 0 aromatic heterocycles. The quantitative estimate of drug-likeness (QED) is 0.183. The Morgan fingerprint density at radius 3 is 1.40 bits per heavy atom. The summed E-state index contributed by atoms with van der Waals surface area (Å²) in [5.41, 5.74) is 17.4. The van der Waals surface area contributed by atoms with Gasteiger partial charge in [0.15, 0.2) is 0 Å². The van der Waals surface area contributed by atoms with Gasteiger partial charge in [0.25, 0.3) is 0 Å². The van der Waals surface area contributed by atoms with Gasteiger partial charge in [-0.25, -0.2) is 0 Å². The van der Waals surface area contributed by atoms with Gasteiger partial charge in [0.2, 0.25) is 0 Å². The molecule has 0 unspecified atom stereocenters. The first-order valence-corrected chi connectivity index (χ1v) is 16.4. The fourth-order valence-corrected chi connectivity index (χ4v) is 7.18. The van der Waals surface area contributed by atoms with E-state index in [-0.39, 0.29) is 5.41 Å². The molecule has 8 rings (SSSR count). The largest absolute Gasteiger partial charge is 0.310 e. The van der Waals surface area contributed by atoms with Crippen LogP contribution in [0.25, 0.3) is 44.5 Å². The Labute approximate surface area is 278 Å². The molecule has 1 nitrogen and oxygen atoms in total. The first-order valence-electron chi connectivity index (χ1n) is 16.4. The minimum Gasteiger partial charge on any atom is -0.310 e. The normalized spacial score (nSPS) is 12.7. The van der Waals surface area contributed by atoms with E-state index in [9.17, 15) is 0 Å². The summed E-state index contributed by atoms with van der Waals surface area (Å²) in [6.45, 7) is 6.90. The minimum atomic E-state index is -0.143. The molecule has 0 aliphatic heterocycles. The molecule has 0 N–H and O–H groups in total. The zero-order valence-electron chi connectivity index (χ0n) is 27.1. The number of fused-ring (bicyclic) bond motifs is 3. The maximum Gasteiger partial charge on any atom is 0.0465 e. The van der Waals surface area contributed by atoms with Crippen molar-refractivity contribution in [1.29, 1.82) is 0 Å². The Kier molecular flexibility index (Phi) is 7.11. The van der Waals surface area contributed by atoms with Gasteiger partial charge in [-0.3, -0.25) is 0 Å². The lowest BCUT2D eigenvalue weighted by Gasteiger charge is -2.28. The number of rotatable bonds is 6.